The van der Waals surface area contributed by atoms with Gasteiger partial charge in [-0.15, -0.1) is 0 Å². The number of carbonyl (C=O) groups is 1. The minimum absolute atomic E-state index is 0.0311. The number of hydrogen-bond acceptors (Lipinski definition) is 4. The summed E-state index contributed by atoms with van der Waals surface area (Å²) in [5, 5.41) is 9.00. The van der Waals surface area contributed by atoms with Crippen LogP contribution in [0.15, 0.2) is 18.2 Å². The molecular weight excluding hydrogens is 258 g/mol. The molecule has 0 bridgehead atoms. The first-order chi connectivity index (χ1) is 9.51. The largest absolute Gasteiger partial charge is 0.493 e. The highest BCUT2D eigenvalue weighted by Gasteiger charge is 2.16. The van der Waals surface area contributed by atoms with E-state index in [1.165, 1.54) is 0 Å². The van der Waals surface area contributed by atoms with E-state index in [1.807, 2.05) is 36.9 Å². The number of aliphatic carboxylic acids is 1. The number of rotatable bonds is 8. The first kappa shape index (κ1) is 16.3. The van der Waals surface area contributed by atoms with Crippen LogP contribution in [0, 0.1) is 0 Å². The molecule has 5 nitrogen and oxygen atoms in total. The fourth-order valence-electron chi connectivity index (χ4n) is 2.01. The quantitative estimate of drug-likeness (QED) is 0.793. The lowest BCUT2D eigenvalue weighted by Crippen LogP contribution is -2.36. The number of hydrogen-bond donors (Lipinski definition) is 1. The Labute approximate surface area is 120 Å². The van der Waals surface area contributed by atoms with Crippen LogP contribution in [-0.4, -0.2) is 42.8 Å². The topological polar surface area (TPSA) is 59.0 Å². The van der Waals surface area contributed by atoms with Crippen molar-refractivity contribution in [3.05, 3.63) is 23.8 Å². The third-order valence-electron chi connectivity index (χ3n) is 3.39. The Bertz CT molecular complexity index is 447. The molecule has 0 aliphatic rings. The highest BCUT2D eigenvalue weighted by Crippen LogP contribution is 2.28. The number of ether oxygens (including phenoxy) is 2. The Morgan fingerprint density at radius 1 is 1.30 bits per heavy atom. The smallest absolute Gasteiger partial charge is 0.317 e. The molecule has 0 aliphatic carbocycles. The summed E-state index contributed by atoms with van der Waals surface area (Å²) in [4.78, 5) is 12.9. The molecule has 0 saturated carbocycles. The second-order valence-corrected chi connectivity index (χ2v) is 4.75. The van der Waals surface area contributed by atoms with Gasteiger partial charge in [0, 0.05) is 12.6 Å². The van der Waals surface area contributed by atoms with Crippen molar-refractivity contribution in [3.8, 4) is 11.5 Å². The summed E-state index contributed by atoms with van der Waals surface area (Å²) >= 11 is 0. The zero-order valence-corrected chi connectivity index (χ0v) is 12.5. The Kier molecular flexibility index (Phi) is 6.31. The summed E-state index contributed by atoms with van der Waals surface area (Å²) in [5.74, 6) is 0.514. The van der Waals surface area contributed by atoms with Gasteiger partial charge in [-0.2, -0.15) is 0 Å². The minimum Gasteiger partial charge on any atom is -0.493 e. The van der Waals surface area contributed by atoms with Crippen molar-refractivity contribution < 1.29 is 19.4 Å². The second kappa shape index (κ2) is 7.75. The SMILES string of the molecule is CCC(C)N(CC(=O)O)Cc1ccc(OC)c(OC)c1. The minimum atomic E-state index is -0.814. The van der Waals surface area contributed by atoms with E-state index in [2.05, 4.69) is 0 Å². The molecule has 20 heavy (non-hydrogen) atoms. The van der Waals surface area contributed by atoms with Crippen molar-refractivity contribution in [3.63, 3.8) is 0 Å². The van der Waals surface area contributed by atoms with E-state index < -0.39 is 5.97 Å². The van der Waals surface area contributed by atoms with Gasteiger partial charge < -0.3 is 14.6 Å². The van der Waals surface area contributed by atoms with Gasteiger partial charge >= 0.3 is 5.97 Å². The van der Waals surface area contributed by atoms with E-state index in [1.54, 1.807) is 14.2 Å². The van der Waals surface area contributed by atoms with Crippen molar-refractivity contribution in [2.45, 2.75) is 32.9 Å². The lowest BCUT2D eigenvalue weighted by Gasteiger charge is -2.26. The average molecular weight is 281 g/mol. The van der Waals surface area contributed by atoms with Gasteiger partial charge in [0.05, 0.1) is 20.8 Å². The van der Waals surface area contributed by atoms with Gasteiger partial charge in [0.2, 0.25) is 0 Å². The van der Waals surface area contributed by atoms with Crippen LogP contribution in [-0.2, 0) is 11.3 Å². The molecule has 0 saturated heterocycles. The normalized spacial score (nSPS) is 12.2. The maximum absolute atomic E-state index is 11.0. The molecule has 1 aromatic carbocycles. The first-order valence-corrected chi connectivity index (χ1v) is 6.68. The molecule has 0 heterocycles. The van der Waals surface area contributed by atoms with Gasteiger partial charge in [-0.3, -0.25) is 9.69 Å². The van der Waals surface area contributed by atoms with E-state index in [9.17, 15) is 4.79 Å². The van der Waals surface area contributed by atoms with E-state index in [4.69, 9.17) is 14.6 Å². The van der Waals surface area contributed by atoms with Crippen LogP contribution in [0.4, 0.5) is 0 Å². The number of carboxylic acid groups (broad SMARTS) is 1. The summed E-state index contributed by atoms with van der Waals surface area (Å²) in [6.45, 7) is 4.68. The Morgan fingerprint density at radius 3 is 2.45 bits per heavy atom. The molecule has 0 aliphatic heterocycles. The van der Waals surface area contributed by atoms with Crippen LogP contribution in [0.2, 0.25) is 0 Å². The summed E-state index contributed by atoms with van der Waals surface area (Å²) < 4.78 is 10.5. The summed E-state index contributed by atoms with van der Waals surface area (Å²) in [6.07, 6.45) is 0.903. The predicted molar refractivity (Wildman–Crippen MR) is 77.3 cm³/mol. The zero-order chi connectivity index (χ0) is 15.1. The van der Waals surface area contributed by atoms with Crippen LogP contribution < -0.4 is 9.47 Å². The second-order valence-electron chi connectivity index (χ2n) is 4.75. The molecule has 0 radical (unpaired) electrons. The van der Waals surface area contributed by atoms with Gasteiger partial charge in [0.25, 0.3) is 0 Å². The maximum Gasteiger partial charge on any atom is 0.317 e. The highest BCUT2D eigenvalue weighted by atomic mass is 16.5. The number of methoxy groups -OCH3 is 2. The highest BCUT2D eigenvalue weighted by molar-refractivity contribution is 5.69. The molecule has 0 aromatic heterocycles. The predicted octanol–water partition coefficient (Wildman–Crippen LogP) is 2.39. The van der Waals surface area contributed by atoms with Gasteiger partial charge in [0.1, 0.15) is 0 Å². The van der Waals surface area contributed by atoms with Crippen LogP contribution in [0.5, 0.6) is 11.5 Å². The lowest BCUT2D eigenvalue weighted by molar-refractivity contribution is -0.139. The van der Waals surface area contributed by atoms with E-state index in [-0.39, 0.29) is 12.6 Å². The molecular formula is C15H23NO4. The molecule has 112 valence electrons. The fraction of sp³-hybridized carbons (Fsp3) is 0.533. The molecule has 5 heteroatoms. The van der Waals surface area contributed by atoms with E-state index >= 15 is 0 Å². The van der Waals surface area contributed by atoms with E-state index in [0.29, 0.717) is 18.0 Å². The Morgan fingerprint density at radius 2 is 1.95 bits per heavy atom. The van der Waals surface area contributed by atoms with Gasteiger partial charge in [-0.25, -0.2) is 0 Å². The Hall–Kier alpha value is -1.75. The van der Waals surface area contributed by atoms with Crippen LogP contribution >= 0.6 is 0 Å². The molecule has 1 N–H and O–H groups in total. The molecule has 1 aromatic rings. The zero-order valence-electron chi connectivity index (χ0n) is 12.5. The fourth-order valence-corrected chi connectivity index (χ4v) is 2.01. The van der Waals surface area contributed by atoms with Gasteiger partial charge in [-0.1, -0.05) is 13.0 Å². The third kappa shape index (κ3) is 4.42. The van der Waals surface area contributed by atoms with Crippen molar-refractivity contribution in [1.29, 1.82) is 0 Å². The first-order valence-electron chi connectivity index (χ1n) is 6.68. The van der Waals surface area contributed by atoms with E-state index in [0.717, 1.165) is 12.0 Å². The third-order valence-corrected chi connectivity index (χ3v) is 3.39. The van der Waals surface area contributed by atoms with Crippen molar-refractivity contribution in [1.82, 2.24) is 4.90 Å². The molecule has 1 rings (SSSR count). The van der Waals surface area contributed by atoms with Crippen molar-refractivity contribution >= 4 is 5.97 Å². The summed E-state index contributed by atoms with van der Waals surface area (Å²) in [7, 11) is 3.18. The lowest BCUT2D eigenvalue weighted by atomic mass is 10.1. The van der Waals surface area contributed by atoms with Crippen molar-refractivity contribution in [2.75, 3.05) is 20.8 Å². The van der Waals surface area contributed by atoms with Crippen molar-refractivity contribution in [2.24, 2.45) is 0 Å². The summed E-state index contributed by atoms with van der Waals surface area (Å²) in [5.41, 5.74) is 1.00. The Balaban J connectivity index is 2.90. The van der Waals surface area contributed by atoms with Crippen LogP contribution in [0.3, 0.4) is 0 Å². The molecule has 0 fully saturated rings. The molecule has 1 atom stereocenters. The standard InChI is InChI=1S/C15H23NO4/c1-5-11(2)16(10-15(17)18)9-12-6-7-13(19-3)14(8-12)20-4/h6-8,11H,5,9-10H2,1-4H3,(H,17,18). The molecule has 0 amide bonds. The van der Waals surface area contributed by atoms with Crippen LogP contribution in [0.1, 0.15) is 25.8 Å². The van der Waals surface area contributed by atoms with Crippen LogP contribution in [0.25, 0.3) is 0 Å². The summed E-state index contributed by atoms with van der Waals surface area (Å²) in [6, 6.07) is 5.86. The number of benzene rings is 1. The molecule has 0 spiro atoms. The number of nitrogens with zero attached hydrogens (tertiary/aromatic N) is 1. The average Bonchev–Trinajstić information content (AvgIpc) is 2.45. The maximum atomic E-state index is 11.0. The van der Waals surface area contributed by atoms with Gasteiger partial charge in [0.15, 0.2) is 11.5 Å². The van der Waals surface area contributed by atoms with Gasteiger partial charge in [-0.05, 0) is 31.0 Å². The number of carboxylic acids is 1. The molecule has 1 unspecified atom stereocenters. The monoisotopic (exact) mass is 281 g/mol.